The van der Waals surface area contributed by atoms with Crippen LogP contribution >= 0.6 is 0 Å². The number of hydrogen-bond donors (Lipinski definition) is 1. The molecule has 1 atom stereocenters. The number of nitrogens with one attached hydrogen (secondary N) is 1. The number of benzene rings is 1. The van der Waals surface area contributed by atoms with Crippen molar-refractivity contribution in [2.45, 2.75) is 26.7 Å². The molecule has 0 spiro atoms. The Bertz CT molecular complexity index is 861. The summed E-state index contributed by atoms with van der Waals surface area (Å²) in [6.45, 7) is 5.07. The molecule has 1 aromatic carbocycles. The first-order valence-electron chi connectivity index (χ1n) is 9.11. The quantitative estimate of drug-likeness (QED) is 0.842. The lowest BCUT2D eigenvalue weighted by molar-refractivity contribution is 0.0677. The Kier molecular flexibility index (Phi) is 5.64. The number of amides is 2. The Morgan fingerprint density at radius 2 is 1.85 bits per heavy atom. The molecule has 2 heterocycles. The number of pyridine rings is 1. The normalized spacial score (nSPS) is 16.7. The van der Waals surface area contributed by atoms with Crippen LogP contribution in [0, 0.1) is 5.92 Å². The van der Waals surface area contributed by atoms with E-state index in [0.717, 1.165) is 25.9 Å². The van der Waals surface area contributed by atoms with Crippen LogP contribution in [0.2, 0.25) is 0 Å². The molecule has 0 aliphatic carbocycles. The van der Waals surface area contributed by atoms with Crippen LogP contribution in [0.25, 0.3) is 0 Å². The summed E-state index contributed by atoms with van der Waals surface area (Å²) in [6, 6.07) is 9.79. The molecule has 6 heteroatoms. The fourth-order valence-electron chi connectivity index (χ4n) is 3.22. The maximum Gasteiger partial charge on any atom is 0.272 e. The molecule has 0 radical (unpaired) electrons. The van der Waals surface area contributed by atoms with Crippen molar-refractivity contribution in [1.29, 1.82) is 0 Å². The maximum absolute atomic E-state index is 12.7. The second-order valence-electron chi connectivity index (χ2n) is 7.02. The molecule has 140 valence electrons. The third-order valence-corrected chi connectivity index (χ3v) is 4.73. The molecule has 2 aromatic rings. The number of anilines is 1. The predicted octanol–water partition coefficient (Wildman–Crippen LogP) is 3.41. The van der Waals surface area contributed by atoms with Gasteiger partial charge in [-0.05, 0) is 62.1 Å². The van der Waals surface area contributed by atoms with Crippen molar-refractivity contribution in [3.63, 3.8) is 0 Å². The predicted molar refractivity (Wildman–Crippen MR) is 103 cm³/mol. The topological polar surface area (TPSA) is 79.4 Å². The molecular formula is C21H23N3O3. The van der Waals surface area contributed by atoms with Gasteiger partial charge in [0.05, 0.1) is 0 Å². The second kappa shape index (κ2) is 8.12. The Morgan fingerprint density at radius 1 is 1.11 bits per heavy atom. The summed E-state index contributed by atoms with van der Waals surface area (Å²) in [5.41, 5.74) is 1.82. The number of ketones is 1. The van der Waals surface area contributed by atoms with Crippen molar-refractivity contribution < 1.29 is 14.4 Å². The molecule has 1 aliphatic heterocycles. The minimum atomic E-state index is -0.325. The number of rotatable bonds is 4. The molecule has 1 aliphatic rings. The van der Waals surface area contributed by atoms with Crippen molar-refractivity contribution in [3.8, 4) is 0 Å². The van der Waals surface area contributed by atoms with Crippen LogP contribution in [0.4, 0.5) is 5.69 Å². The van der Waals surface area contributed by atoms with Gasteiger partial charge >= 0.3 is 0 Å². The lowest BCUT2D eigenvalue weighted by Crippen LogP contribution is -2.39. The Labute approximate surface area is 158 Å². The first-order chi connectivity index (χ1) is 12.9. The minimum absolute atomic E-state index is 0.0304. The number of Topliss-reactive ketones (excluding diaryl/α,β-unsaturated/α-hetero) is 1. The summed E-state index contributed by atoms with van der Waals surface area (Å²) >= 11 is 0. The van der Waals surface area contributed by atoms with Crippen LogP contribution in [0.3, 0.4) is 0 Å². The van der Waals surface area contributed by atoms with Gasteiger partial charge in [0, 0.05) is 36.1 Å². The van der Waals surface area contributed by atoms with E-state index in [9.17, 15) is 14.4 Å². The molecule has 1 aromatic heterocycles. The number of carbonyl (C=O) groups is 3. The molecule has 1 fully saturated rings. The highest BCUT2D eigenvalue weighted by Crippen LogP contribution is 2.18. The van der Waals surface area contributed by atoms with E-state index in [-0.39, 0.29) is 23.3 Å². The van der Waals surface area contributed by atoms with Gasteiger partial charge in [0.2, 0.25) is 0 Å². The van der Waals surface area contributed by atoms with Crippen LogP contribution in [0.5, 0.6) is 0 Å². The third kappa shape index (κ3) is 4.58. The van der Waals surface area contributed by atoms with E-state index in [2.05, 4.69) is 17.2 Å². The number of carbonyl (C=O) groups excluding carboxylic acids is 3. The summed E-state index contributed by atoms with van der Waals surface area (Å²) in [7, 11) is 0. The highest BCUT2D eigenvalue weighted by molar-refractivity contribution is 6.06. The van der Waals surface area contributed by atoms with Gasteiger partial charge in [-0.15, -0.1) is 0 Å². The summed E-state index contributed by atoms with van der Waals surface area (Å²) in [5, 5.41) is 2.77. The van der Waals surface area contributed by atoms with Gasteiger partial charge in [-0.3, -0.25) is 19.4 Å². The molecule has 27 heavy (non-hydrogen) atoms. The molecule has 0 bridgehead atoms. The maximum atomic E-state index is 12.7. The lowest BCUT2D eigenvalue weighted by atomic mass is 10.00. The van der Waals surface area contributed by atoms with Crippen molar-refractivity contribution in [2.24, 2.45) is 5.92 Å². The molecule has 1 unspecified atom stereocenters. The first-order valence-corrected chi connectivity index (χ1v) is 9.11. The van der Waals surface area contributed by atoms with Crippen molar-refractivity contribution in [2.75, 3.05) is 18.4 Å². The van der Waals surface area contributed by atoms with Crippen LogP contribution in [-0.2, 0) is 0 Å². The second-order valence-corrected chi connectivity index (χ2v) is 7.02. The molecule has 0 saturated carbocycles. The van der Waals surface area contributed by atoms with E-state index in [1.54, 1.807) is 35.2 Å². The van der Waals surface area contributed by atoms with Gasteiger partial charge in [-0.25, -0.2) is 0 Å². The van der Waals surface area contributed by atoms with Gasteiger partial charge in [0.1, 0.15) is 5.69 Å². The Hall–Kier alpha value is -3.02. The first kappa shape index (κ1) is 18.8. The number of hydrogen-bond acceptors (Lipinski definition) is 4. The van der Waals surface area contributed by atoms with Gasteiger partial charge in [0.25, 0.3) is 11.8 Å². The fraction of sp³-hybridized carbons (Fsp3) is 0.333. The SMILES string of the molecule is CC(=O)c1ccc(NC(=O)c2ccnc(C(=O)N3CCCC(C)C3)c2)cc1. The zero-order valence-corrected chi connectivity index (χ0v) is 15.6. The van der Waals surface area contributed by atoms with Gasteiger partial charge in [-0.2, -0.15) is 0 Å². The highest BCUT2D eigenvalue weighted by Gasteiger charge is 2.23. The third-order valence-electron chi connectivity index (χ3n) is 4.73. The smallest absolute Gasteiger partial charge is 0.272 e. The van der Waals surface area contributed by atoms with Gasteiger partial charge in [-0.1, -0.05) is 6.92 Å². The molecule has 1 N–H and O–H groups in total. The molecular weight excluding hydrogens is 342 g/mol. The van der Waals surface area contributed by atoms with Crippen LogP contribution < -0.4 is 5.32 Å². The van der Waals surface area contributed by atoms with Crippen LogP contribution in [0.1, 0.15) is 57.9 Å². The summed E-state index contributed by atoms with van der Waals surface area (Å²) in [5.74, 6) is -0.0135. The van der Waals surface area contributed by atoms with E-state index in [1.807, 2.05) is 0 Å². The number of piperidine rings is 1. The van der Waals surface area contributed by atoms with E-state index >= 15 is 0 Å². The minimum Gasteiger partial charge on any atom is -0.337 e. The number of aromatic nitrogens is 1. The van der Waals surface area contributed by atoms with Crippen LogP contribution in [0.15, 0.2) is 42.6 Å². The molecule has 6 nitrogen and oxygen atoms in total. The average Bonchev–Trinajstić information content (AvgIpc) is 2.68. The number of likely N-dealkylation sites (tertiary alicyclic amines) is 1. The monoisotopic (exact) mass is 365 g/mol. The van der Waals surface area contributed by atoms with Crippen molar-refractivity contribution in [1.82, 2.24) is 9.88 Å². The lowest BCUT2D eigenvalue weighted by Gasteiger charge is -2.30. The Balaban J connectivity index is 1.71. The van der Waals surface area contributed by atoms with E-state index in [4.69, 9.17) is 0 Å². The summed E-state index contributed by atoms with van der Waals surface area (Å²) in [6.07, 6.45) is 3.60. The zero-order chi connectivity index (χ0) is 19.4. The van der Waals surface area contributed by atoms with E-state index in [1.165, 1.54) is 19.2 Å². The summed E-state index contributed by atoms with van der Waals surface area (Å²) in [4.78, 5) is 42.5. The highest BCUT2D eigenvalue weighted by atomic mass is 16.2. The van der Waals surface area contributed by atoms with E-state index in [0.29, 0.717) is 22.7 Å². The van der Waals surface area contributed by atoms with E-state index < -0.39 is 0 Å². The zero-order valence-electron chi connectivity index (χ0n) is 15.6. The number of nitrogens with zero attached hydrogens (tertiary/aromatic N) is 2. The fourth-order valence-corrected chi connectivity index (χ4v) is 3.22. The largest absolute Gasteiger partial charge is 0.337 e. The van der Waals surface area contributed by atoms with Gasteiger partial charge in [0.15, 0.2) is 5.78 Å². The van der Waals surface area contributed by atoms with Crippen LogP contribution in [-0.4, -0.2) is 40.6 Å². The van der Waals surface area contributed by atoms with Crippen molar-refractivity contribution >= 4 is 23.3 Å². The molecule has 2 amide bonds. The average molecular weight is 365 g/mol. The standard InChI is InChI=1S/C21H23N3O3/c1-14-4-3-11-24(13-14)21(27)19-12-17(9-10-22-19)20(26)23-18-7-5-16(6-8-18)15(2)25/h5-10,12,14H,3-4,11,13H2,1-2H3,(H,23,26). The molecule has 3 rings (SSSR count). The van der Waals surface area contributed by atoms with Crippen molar-refractivity contribution in [3.05, 3.63) is 59.4 Å². The molecule has 1 saturated heterocycles. The Morgan fingerprint density at radius 3 is 2.52 bits per heavy atom. The van der Waals surface area contributed by atoms with Gasteiger partial charge < -0.3 is 10.2 Å². The summed E-state index contributed by atoms with van der Waals surface area (Å²) < 4.78 is 0.